The van der Waals surface area contributed by atoms with Crippen molar-refractivity contribution in [2.75, 3.05) is 32.4 Å². The van der Waals surface area contributed by atoms with Gasteiger partial charge in [-0.25, -0.2) is 4.31 Å². The quantitative estimate of drug-likeness (QED) is 0.583. The van der Waals surface area contributed by atoms with Gasteiger partial charge in [0, 0.05) is 32.2 Å². The molecule has 0 aromatic carbocycles. The van der Waals surface area contributed by atoms with Crippen LogP contribution in [0.25, 0.3) is 0 Å². The Morgan fingerprint density at radius 2 is 1.64 bits per heavy atom. The maximum absolute atomic E-state index is 2.53. The van der Waals surface area contributed by atoms with Crippen molar-refractivity contribution in [3.05, 3.63) is 0 Å². The van der Waals surface area contributed by atoms with Crippen LogP contribution in [0.5, 0.6) is 0 Å². The Labute approximate surface area is 74.1 Å². The number of hydrogen-bond acceptors (Lipinski definition) is 3. The molecule has 3 heteroatoms. The molecule has 0 aromatic rings. The van der Waals surface area contributed by atoms with Crippen molar-refractivity contribution in [3.8, 4) is 0 Å². The van der Waals surface area contributed by atoms with Crippen LogP contribution in [-0.4, -0.2) is 47.7 Å². The fourth-order valence-electron chi connectivity index (χ4n) is 1.40. The van der Waals surface area contributed by atoms with Crippen LogP contribution in [-0.2, 0) is 0 Å². The third-order valence-electron chi connectivity index (χ3n) is 2.26. The molecule has 0 amide bonds. The van der Waals surface area contributed by atoms with E-state index in [0.29, 0.717) is 0 Å². The normalized spacial score (nSPS) is 22.9. The van der Waals surface area contributed by atoms with Crippen molar-refractivity contribution >= 4 is 11.9 Å². The molecular weight excluding hydrogens is 156 g/mol. The molecule has 0 spiro atoms. The highest BCUT2D eigenvalue weighted by molar-refractivity contribution is 7.96. The van der Waals surface area contributed by atoms with Gasteiger partial charge in [-0.3, -0.25) is 4.90 Å². The maximum Gasteiger partial charge on any atom is 0.0218 e. The molecule has 1 aliphatic heterocycles. The molecule has 0 aliphatic carbocycles. The Bertz CT molecular complexity index is 109. The topological polar surface area (TPSA) is 6.48 Å². The molecule has 0 aromatic heterocycles. The van der Waals surface area contributed by atoms with Crippen molar-refractivity contribution in [1.29, 1.82) is 0 Å². The summed E-state index contributed by atoms with van der Waals surface area (Å²) in [5.41, 5.74) is 0. The van der Waals surface area contributed by atoms with E-state index in [0.717, 1.165) is 6.04 Å². The summed E-state index contributed by atoms with van der Waals surface area (Å²) >= 11 is 1.87. The van der Waals surface area contributed by atoms with Gasteiger partial charge in [-0.15, -0.1) is 0 Å². The van der Waals surface area contributed by atoms with Gasteiger partial charge in [0.25, 0.3) is 0 Å². The fraction of sp³-hybridized carbons (Fsp3) is 1.00. The molecule has 1 saturated heterocycles. The third-order valence-corrected chi connectivity index (χ3v) is 3.14. The highest BCUT2D eigenvalue weighted by Gasteiger charge is 2.17. The van der Waals surface area contributed by atoms with Crippen molar-refractivity contribution in [2.45, 2.75) is 19.9 Å². The van der Waals surface area contributed by atoms with Crippen molar-refractivity contribution in [2.24, 2.45) is 0 Å². The predicted molar refractivity (Wildman–Crippen MR) is 51.8 cm³/mol. The monoisotopic (exact) mass is 174 g/mol. The summed E-state index contributed by atoms with van der Waals surface area (Å²) in [6, 6.07) is 0.721. The molecule has 1 aliphatic rings. The minimum atomic E-state index is 0.721. The van der Waals surface area contributed by atoms with Crippen LogP contribution in [0.4, 0.5) is 0 Å². The smallest absolute Gasteiger partial charge is 0.0218 e. The standard InChI is InChI=1S/C8H18N2S/c1-8(2)9-4-6-10(11-3)7-5-9/h8H,4-7H2,1-3H3. The van der Waals surface area contributed by atoms with E-state index in [9.17, 15) is 0 Å². The molecule has 0 unspecified atom stereocenters. The van der Waals surface area contributed by atoms with Gasteiger partial charge < -0.3 is 0 Å². The molecule has 0 atom stereocenters. The molecule has 1 heterocycles. The summed E-state index contributed by atoms with van der Waals surface area (Å²) in [6.45, 7) is 9.46. The minimum Gasteiger partial charge on any atom is -0.298 e. The molecule has 1 fully saturated rings. The van der Waals surface area contributed by atoms with Gasteiger partial charge in [0.2, 0.25) is 0 Å². The van der Waals surface area contributed by atoms with Gasteiger partial charge in [-0.05, 0) is 20.1 Å². The molecule has 2 nitrogen and oxygen atoms in total. The Morgan fingerprint density at radius 3 is 2.00 bits per heavy atom. The van der Waals surface area contributed by atoms with E-state index < -0.39 is 0 Å². The lowest BCUT2D eigenvalue weighted by Crippen LogP contribution is -2.46. The van der Waals surface area contributed by atoms with Crippen LogP contribution in [0.3, 0.4) is 0 Å². The van der Waals surface area contributed by atoms with Crippen LogP contribution < -0.4 is 0 Å². The zero-order chi connectivity index (χ0) is 8.27. The lowest BCUT2D eigenvalue weighted by atomic mass is 10.3. The molecule has 0 radical (unpaired) electrons. The number of nitrogens with zero attached hydrogens (tertiary/aromatic N) is 2. The zero-order valence-corrected chi connectivity index (χ0v) is 8.52. The first kappa shape index (κ1) is 9.36. The Balaban J connectivity index is 2.24. The number of piperazine rings is 1. The summed E-state index contributed by atoms with van der Waals surface area (Å²) in [6.07, 6.45) is 2.16. The largest absolute Gasteiger partial charge is 0.298 e. The van der Waals surface area contributed by atoms with E-state index in [4.69, 9.17) is 0 Å². The third kappa shape index (κ3) is 2.65. The molecule has 0 bridgehead atoms. The summed E-state index contributed by atoms with van der Waals surface area (Å²) in [7, 11) is 0. The Kier molecular flexibility index (Phi) is 3.69. The lowest BCUT2D eigenvalue weighted by Gasteiger charge is -2.35. The Hall–Kier alpha value is 0.270. The molecule has 11 heavy (non-hydrogen) atoms. The molecular formula is C8H18N2S. The predicted octanol–water partition coefficient (Wildman–Crippen LogP) is 1.29. The van der Waals surface area contributed by atoms with Crippen LogP contribution in [0.2, 0.25) is 0 Å². The van der Waals surface area contributed by atoms with Crippen LogP contribution in [0.15, 0.2) is 0 Å². The average molecular weight is 174 g/mol. The first-order valence-corrected chi connectivity index (χ1v) is 5.45. The highest BCUT2D eigenvalue weighted by Crippen LogP contribution is 2.11. The van der Waals surface area contributed by atoms with E-state index in [1.165, 1.54) is 26.2 Å². The summed E-state index contributed by atoms with van der Waals surface area (Å²) in [4.78, 5) is 2.53. The first-order chi connectivity index (χ1) is 5.24. The summed E-state index contributed by atoms with van der Waals surface area (Å²) < 4.78 is 2.43. The first-order valence-electron chi connectivity index (χ1n) is 4.27. The molecule has 66 valence electrons. The van der Waals surface area contributed by atoms with Gasteiger partial charge in [0.1, 0.15) is 0 Å². The summed E-state index contributed by atoms with van der Waals surface area (Å²) in [5.74, 6) is 0. The molecule has 0 N–H and O–H groups in total. The second-order valence-electron chi connectivity index (χ2n) is 3.24. The van der Waals surface area contributed by atoms with Crippen LogP contribution in [0, 0.1) is 0 Å². The van der Waals surface area contributed by atoms with E-state index in [-0.39, 0.29) is 0 Å². The SMILES string of the molecule is CSN1CCN(C(C)C)CC1. The van der Waals surface area contributed by atoms with Gasteiger partial charge >= 0.3 is 0 Å². The van der Waals surface area contributed by atoms with Crippen LogP contribution >= 0.6 is 11.9 Å². The van der Waals surface area contributed by atoms with Crippen molar-refractivity contribution < 1.29 is 0 Å². The average Bonchev–Trinajstić information content (AvgIpc) is 2.05. The van der Waals surface area contributed by atoms with Gasteiger partial charge in [0.05, 0.1) is 0 Å². The van der Waals surface area contributed by atoms with E-state index in [1.54, 1.807) is 0 Å². The second kappa shape index (κ2) is 4.33. The second-order valence-corrected chi connectivity index (χ2v) is 4.12. The van der Waals surface area contributed by atoms with Crippen molar-refractivity contribution in [1.82, 2.24) is 9.21 Å². The molecule has 1 rings (SSSR count). The number of rotatable bonds is 2. The Morgan fingerprint density at radius 1 is 1.09 bits per heavy atom. The lowest BCUT2D eigenvalue weighted by molar-refractivity contribution is 0.160. The van der Waals surface area contributed by atoms with E-state index in [1.807, 2.05) is 11.9 Å². The van der Waals surface area contributed by atoms with Gasteiger partial charge in [-0.2, -0.15) is 0 Å². The van der Waals surface area contributed by atoms with E-state index >= 15 is 0 Å². The number of hydrogen-bond donors (Lipinski definition) is 0. The molecule has 0 saturated carbocycles. The fourth-order valence-corrected chi connectivity index (χ4v) is 1.93. The maximum atomic E-state index is 2.53. The van der Waals surface area contributed by atoms with E-state index in [2.05, 4.69) is 29.3 Å². The summed E-state index contributed by atoms with van der Waals surface area (Å²) in [5, 5.41) is 0. The van der Waals surface area contributed by atoms with Gasteiger partial charge in [0.15, 0.2) is 0 Å². The highest BCUT2D eigenvalue weighted by atomic mass is 32.2. The minimum absolute atomic E-state index is 0.721. The van der Waals surface area contributed by atoms with Gasteiger partial charge in [-0.1, -0.05) is 11.9 Å². The zero-order valence-electron chi connectivity index (χ0n) is 7.71. The van der Waals surface area contributed by atoms with Crippen LogP contribution in [0.1, 0.15) is 13.8 Å². The van der Waals surface area contributed by atoms with Crippen molar-refractivity contribution in [3.63, 3.8) is 0 Å².